The number of nitrogens with zero attached hydrogens (tertiary/aromatic N) is 2. The van der Waals surface area contributed by atoms with E-state index in [-0.39, 0.29) is 24.8 Å². The Kier molecular flexibility index (Phi) is 10.1. The van der Waals surface area contributed by atoms with Crippen molar-refractivity contribution in [3.8, 4) is 0 Å². The number of rotatable bonds is 5. The van der Waals surface area contributed by atoms with Gasteiger partial charge in [0.2, 0.25) is 0 Å². The van der Waals surface area contributed by atoms with E-state index in [4.69, 9.17) is 11.6 Å². The van der Waals surface area contributed by atoms with Gasteiger partial charge in [-0.25, -0.2) is 4.98 Å². The number of hydrogen-bond acceptors (Lipinski definition) is 4. The standard InChI is InChI=1S/C19H24ClN3S.2ClH/c1-14(2)18-11-19(22-17-5-3-4-16(20)10-17)21-12-15(18)13-23-6-8-24-9-7-23;;/h3-5,10-12,14H,6-9,13H2,1-2H3,(H,21,22);2*1H. The van der Waals surface area contributed by atoms with Crippen molar-refractivity contribution in [3.05, 3.63) is 52.7 Å². The van der Waals surface area contributed by atoms with Gasteiger partial charge in [0.05, 0.1) is 0 Å². The molecule has 3 nitrogen and oxygen atoms in total. The number of nitrogens with one attached hydrogen (secondary N) is 1. The maximum Gasteiger partial charge on any atom is 0.130 e. The summed E-state index contributed by atoms with van der Waals surface area (Å²) in [6.45, 7) is 7.83. The minimum Gasteiger partial charge on any atom is -0.340 e. The zero-order chi connectivity index (χ0) is 16.9. The van der Waals surface area contributed by atoms with Crippen molar-refractivity contribution in [2.24, 2.45) is 0 Å². The zero-order valence-corrected chi connectivity index (χ0v) is 18.3. The van der Waals surface area contributed by atoms with Crippen LogP contribution in [0.25, 0.3) is 0 Å². The predicted octanol–water partition coefficient (Wildman–Crippen LogP) is 5.99. The van der Waals surface area contributed by atoms with Gasteiger partial charge >= 0.3 is 0 Å². The van der Waals surface area contributed by atoms with Crippen LogP contribution in [0.5, 0.6) is 0 Å². The van der Waals surface area contributed by atoms with E-state index in [1.165, 1.54) is 35.7 Å². The SMILES string of the molecule is CC(C)c1cc(Nc2cccc(Cl)c2)ncc1CN1CCSCC1.Cl.Cl. The molecule has 1 aromatic carbocycles. The number of pyridine rings is 1. The Morgan fingerprint density at radius 1 is 1.19 bits per heavy atom. The number of hydrogen-bond donors (Lipinski definition) is 1. The number of anilines is 2. The van der Waals surface area contributed by atoms with Gasteiger partial charge in [0.1, 0.15) is 5.82 Å². The summed E-state index contributed by atoms with van der Waals surface area (Å²) in [4.78, 5) is 7.16. The van der Waals surface area contributed by atoms with Crippen molar-refractivity contribution in [2.75, 3.05) is 29.9 Å². The molecule has 0 saturated carbocycles. The molecule has 0 radical (unpaired) electrons. The number of halogens is 3. The van der Waals surface area contributed by atoms with Gasteiger partial charge in [-0.15, -0.1) is 24.8 Å². The van der Waals surface area contributed by atoms with Crippen molar-refractivity contribution in [1.29, 1.82) is 0 Å². The summed E-state index contributed by atoms with van der Waals surface area (Å²) in [6.07, 6.45) is 2.03. The van der Waals surface area contributed by atoms with E-state index in [0.717, 1.165) is 23.1 Å². The van der Waals surface area contributed by atoms with E-state index in [0.29, 0.717) is 5.92 Å². The van der Waals surface area contributed by atoms with E-state index < -0.39 is 0 Å². The van der Waals surface area contributed by atoms with Gasteiger partial charge in [-0.05, 0) is 41.3 Å². The smallest absolute Gasteiger partial charge is 0.130 e. The molecule has 1 aromatic heterocycles. The van der Waals surface area contributed by atoms with Crippen LogP contribution >= 0.6 is 48.2 Å². The first kappa shape index (κ1) is 23.4. The minimum absolute atomic E-state index is 0. The van der Waals surface area contributed by atoms with Crippen molar-refractivity contribution >= 4 is 59.7 Å². The summed E-state index contributed by atoms with van der Waals surface area (Å²) in [6, 6.07) is 9.91. The van der Waals surface area contributed by atoms with Crippen LogP contribution in [-0.4, -0.2) is 34.5 Å². The van der Waals surface area contributed by atoms with Crippen LogP contribution in [0, 0.1) is 0 Å². The Hall–Kier alpha value is -0.650. The first-order valence-corrected chi connectivity index (χ1v) is 9.96. The molecule has 2 heterocycles. The Bertz CT molecular complexity index is 691. The molecule has 0 amide bonds. The molecular formula is C19H26Cl3N3S. The van der Waals surface area contributed by atoms with Gasteiger partial charge in [-0.3, -0.25) is 4.90 Å². The Morgan fingerprint density at radius 2 is 1.92 bits per heavy atom. The van der Waals surface area contributed by atoms with E-state index >= 15 is 0 Å². The molecule has 0 spiro atoms. The first-order chi connectivity index (χ1) is 11.6. The quantitative estimate of drug-likeness (QED) is 0.625. The third-order valence-corrected chi connectivity index (χ3v) is 5.42. The van der Waals surface area contributed by atoms with Gasteiger partial charge < -0.3 is 5.32 Å². The van der Waals surface area contributed by atoms with Crippen molar-refractivity contribution in [3.63, 3.8) is 0 Å². The second-order valence-corrected chi connectivity index (χ2v) is 8.11. The number of benzene rings is 1. The lowest BCUT2D eigenvalue weighted by atomic mass is 9.98. The fourth-order valence-corrected chi connectivity index (χ4v) is 4.12. The van der Waals surface area contributed by atoms with Gasteiger partial charge in [-0.1, -0.05) is 31.5 Å². The average molecular weight is 435 g/mol. The van der Waals surface area contributed by atoms with Crippen molar-refractivity contribution in [2.45, 2.75) is 26.3 Å². The molecule has 1 fully saturated rings. The van der Waals surface area contributed by atoms with E-state index in [9.17, 15) is 0 Å². The molecule has 0 unspecified atom stereocenters. The Morgan fingerprint density at radius 3 is 2.58 bits per heavy atom. The van der Waals surface area contributed by atoms with Crippen molar-refractivity contribution in [1.82, 2.24) is 9.88 Å². The molecule has 1 saturated heterocycles. The summed E-state index contributed by atoms with van der Waals surface area (Å²) in [5.74, 6) is 3.82. The first-order valence-electron chi connectivity index (χ1n) is 8.43. The number of aromatic nitrogens is 1. The summed E-state index contributed by atoms with van der Waals surface area (Å²) in [5, 5.41) is 4.08. The fourth-order valence-electron chi connectivity index (χ4n) is 2.95. The molecule has 1 N–H and O–H groups in total. The highest BCUT2D eigenvalue weighted by atomic mass is 35.5. The van der Waals surface area contributed by atoms with Gasteiger partial charge in [0.25, 0.3) is 0 Å². The normalized spacial score (nSPS) is 14.5. The second-order valence-electron chi connectivity index (χ2n) is 6.45. The van der Waals surface area contributed by atoms with Crippen LogP contribution < -0.4 is 5.32 Å². The third-order valence-electron chi connectivity index (χ3n) is 4.24. The minimum atomic E-state index is 0. The van der Waals surface area contributed by atoms with Gasteiger partial charge in [-0.2, -0.15) is 11.8 Å². The summed E-state index contributed by atoms with van der Waals surface area (Å²) >= 11 is 8.11. The Balaban J connectivity index is 0.00000169. The molecule has 7 heteroatoms. The molecule has 144 valence electrons. The lowest BCUT2D eigenvalue weighted by Crippen LogP contribution is -2.32. The predicted molar refractivity (Wildman–Crippen MR) is 120 cm³/mol. The molecule has 0 atom stereocenters. The third kappa shape index (κ3) is 6.50. The van der Waals surface area contributed by atoms with E-state index in [1.54, 1.807) is 0 Å². The largest absolute Gasteiger partial charge is 0.340 e. The fraction of sp³-hybridized carbons (Fsp3) is 0.421. The zero-order valence-electron chi connectivity index (χ0n) is 15.1. The molecule has 26 heavy (non-hydrogen) atoms. The highest BCUT2D eigenvalue weighted by molar-refractivity contribution is 7.99. The van der Waals surface area contributed by atoms with Crippen molar-refractivity contribution < 1.29 is 0 Å². The lowest BCUT2D eigenvalue weighted by Gasteiger charge is -2.27. The summed E-state index contributed by atoms with van der Waals surface area (Å²) < 4.78 is 0. The van der Waals surface area contributed by atoms with E-state index in [1.807, 2.05) is 42.2 Å². The molecule has 0 aliphatic carbocycles. The van der Waals surface area contributed by atoms with Crippen LogP contribution in [0.3, 0.4) is 0 Å². The molecular weight excluding hydrogens is 409 g/mol. The molecule has 1 aliphatic rings. The topological polar surface area (TPSA) is 28.2 Å². The average Bonchev–Trinajstić information content (AvgIpc) is 2.57. The highest BCUT2D eigenvalue weighted by Gasteiger charge is 2.15. The van der Waals surface area contributed by atoms with Gasteiger partial charge in [0.15, 0.2) is 0 Å². The molecule has 1 aliphatic heterocycles. The molecule has 0 bridgehead atoms. The summed E-state index contributed by atoms with van der Waals surface area (Å²) in [7, 11) is 0. The molecule has 3 rings (SSSR count). The van der Waals surface area contributed by atoms with Crippen LogP contribution in [0.4, 0.5) is 11.5 Å². The van der Waals surface area contributed by atoms with Gasteiger partial charge in [0, 0.05) is 48.0 Å². The van der Waals surface area contributed by atoms with Crippen LogP contribution in [-0.2, 0) is 6.54 Å². The lowest BCUT2D eigenvalue weighted by molar-refractivity contribution is 0.293. The maximum atomic E-state index is 6.06. The summed E-state index contributed by atoms with van der Waals surface area (Å²) in [5.41, 5.74) is 3.67. The monoisotopic (exact) mass is 433 g/mol. The van der Waals surface area contributed by atoms with Crippen LogP contribution in [0.1, 0.15) is 30.9 Å². The number of thioether (sulfide) groups is 1. The maximum absolute atomic E-state index is 6.06. The van der Waals surface area contributed by atoms with E-state index in [2.05, 4.69) is 35.1 Å². The Labute approximate surface area is 178 Å². The second kappa shape index (κ2) is 11.3. The molecule has 2 aromatic rings. The highest BCUT2D eigenvalue weighted by Crippen LogP contribution is 2.26. The van der Waals surface area contributed by atoms with Crippen LogP contribution in [0.2, 0.25) is 5.02 Å². The van der Waals surface area contributed by atoms with Crippen LogP contribution in [0.15, 0.2) is 36.5 Å².